The number of rotatable bonds is 4. The van der Waals surface area contributed by atoms with Crippen LogP contribution in [0, 0.1) is 5.92 Å². The maximum atomic E-state index is 11.8. The molecular formula is C12H22N2O4. The second-order valence-electron chi connectivity index (χ2n) is 4.45. The molecule has 2 atom stereocenters. The topological polar surface area (TPSA) is 67.9 Å². The number of amides is 2. The molecule has 1 N–H and O–H groups in total. The van der Waals surface area contributed by atoms with Gasteiger partial charge in [0.15, 0.2) is 0 Å². The molecule has 1 heterocycles. The number of piperidine rings is 1. The second kappa shape index (κ2) is 7.20. The van der Waals surface area contributed by atoms with Gasteiger partial charge in [0.2, 0.25) is 0 Å². The molecule has 1 aliphatic heterocycles. The second-order valence-corrected chi connectivity index (χ2v) is 4.45. The van der Waals surface area contributed by atoms with Crippen LogP contribution in [0.4, 0.5) is 4.79 Å². The van der Waals surface area contributed by atoms with E-state index in [0.29, 0.717) is 25.6 Å². The quantitative estimate of drug-likeness (QED) is 0.750. The van der Waals surface area contributed by atoms with Gasteiger partial charge in [-0.15, -0.1) is 0 Å². The lowest BCUT2D eigenvalue weighted by atomic mass is 9.96. The van der Waals surface area contributed by atoms with Crippen molar-refractivity contribution in [2.24, 2.45) is 5.92 Å². The normalized spacial score (nSPS) is 23.6. The predicted octanol–water partition coefficient (Wildman–Crippen LogP) is 0.616. The third-order valence-corrected chi connectivity index (χ3v) is 3.17. The lowest BCUT2D eigenvalue weighted by Crippen LogP contribution is -2.51. The van der Waals surface area contributed by atoms with Crippen LogP contribution in [0.15, 0.2) is 0 Å². The summed E-state index contributed by atoms with van der Waals surface area (Å²) in [6.45, 7) is 5.33. The summed E-state index contributed by atoms with van der Waals surface area (Å²) in [4.78, 5) is 24.6. The van der Waals surface area contributed by atoms with Crippen LogP contribution in [0.1, 0.15) is 20.3 Å². The summed E-state index contributed by atoms with van der Waals surface area (Å²) in [6.07, 6.45) is 0.970. The van der Waals surface area contributed by atoms with Crippen LogP contribution in [-0.2, 0) is 14.3 Å². The molecule has 2 amide bonds. The molecule has 104 valence electrons. The summed E-state index contributed by atoms with van der Waals surface area (Å²) >= 11 is 0. The van der Waals surface area contributed by atoms with Crippen LogP contribution in [0.3, 0.4) is 0 Å². The predicted molar refractivity (Wildman–Crippen MR) is 66.2 cm³/mol. The Labute approximate surface area is 108 Å². The van der Waals surface area contributed by atoms with Crippen LogP contribution in [0.25, 0.3) is 0 Å². The Morgan fingerprint density at radius 3 is 2.78 bits per heavy atom. The summed E-state index contributed by atoms with van der Waals surface area (Å²) < 4.78 is 10.1. The molecule has 0 aliphatic carbocycles. The summed E-state index contributed by atoms with van der Waals surface area (Å²) in [6, 6.07) is -0.239. The van der Waals surface area contributed by atoms with Crippen molar-refractivity contribution in [2.45, 2.75) is 26.4 Å². The molecule has 1 saturated heterocycles. The van der Waals surface area contributed by atoms with Gasteiger partial charge in [-0.25, -0.2) is 4.79 Å². The smallest absolute Gasteiger partial charge is 0.325 e. The highest BCUT2D eigenvalue weighted by molar-refractivity contribution is 5.80. The third-order valence-electron chi connectivity index (χ3n) is 3.17. The van der Waals surface area contributed by atoms with E-state index in [-0.39, 0.29) is 18.7 Å². The Morgan fingerprint density at radius 1 is 1.44 bits per heavy atom. The number of urea groups is 1. The van der Waals surface area contributed by atoms with E-state index >= 15 is 0 Å². The van der Waals surface area contributed by atoms with E-state index in [2.05, 4.69) is 12.2 Å². The maximum Gasteiger partial charge on any atom is 0.325 e. The number of methoxy groups -OCH3 is 1. The number of hydrogen-bond acceptors (Lipinski definition) is 4. The van der Waals surface area contributed by atoms with Gasteiger partial charge < -0.3 is 19.7 Å². The van der Waals surface area contributed by atoms with E-state index in [1.807, 2.05) is 0 Å². The molecule has 0 aromatic rings. The number of likely N-dealkylation sites (tertiary alicyclic amines) is 1. The van der Waals surface area contributed by atoms with Crippen LogP contribution < -0.4 is 5.32 Å². The zero-order valence-corrected chi connectivity index (χ0v) is 11.3. The molecule has 6 nitrogen and oxygen atoms in total. The van der Waals surface area contributed by atoms with E-state index < -0.39 is 5.97 Å². The Balaban J connectivity index is 2.36. The van der Waals surface area contributed by atoms with E-state index in [4.69, 9.17) is 9.47 Å². The first-order chi connectivity index (χ1) is 8.58. The van der Waals surface area contributed by atoms with Crippen molar-refractivity contribution in [2.75, 3.05) is 33.4 Å². The third kappa shape index (κ3) is 4.18. The molecule has 6 heteroatoms. The molecule has 1 aliphatic rings. The van der Waals surface area contributed by atoms with E-state index in [1.54, 1.807) is 18.9 Å². The van der Waals surface area contributed by atoms with Crippen LogP contribution in [0.2, 0.25) is 0 Å². The van der Waals surface area contributed by atoms with Gasteiger partial charge in [-0.3, -0.25) is 4.79 Å². The Morgan fingerprint density at radius 2 is 2.17 bits per heavy atom. The Bertz CT molecular complexity index is 296. The summed E-state index contributed by atoms with van der Waals surface area (Å²) in [7, 11) is 1.65. The van der Waals surface area contributed by atoms with E-state index in [9.17, 15) is 9.59 Å². The van der Waals surface area contributed by atoms with Crippen molar-refractivity contribution >= 4 is 12.0 Å². The van der Waals surface area contributed by atoms with Crippen molar-refractivity contribution in [3.8, 4) is 0 Å². The number of carbonyl (C=O) groups is 2. The molecule has 0 saturated carbocycles. The highest BCUT2D eigenvalue weighted by atomic mass is 16.5. The van der Waals surface area contributed by atoms with Crippen molar-refractivity contribution < 1.29 is 19.1 Å². The van der Waals surface area contributed by atoms with Gasteiger partial charge in [0, 0.05) is 20.2 Å². The summed E-state index contributed by atoms with van der Waals surface area (Å²) in [5.74, 6) is 0.0311. The van der Waals surface area contributed by atoms with Gasteiger partial charge in [0.05, 0.1) is 12.7 Å². The van der Waals surface area contributed by atoms with Gasteiger partial charge in [0.1, 0.15) is 6.54 Å². The fourth-order valence-corrected chi connectivity index (χ4v) is 2.00. The lowest BCUT2D eigenvalue weighted by molar-refractivity contribution is -0.141. The zero-order chi connectivity index (χ0) is 13.5. The molecule has 0 aromatic heterocycles. The van der Waals surface area contributed by atoms with Crippen LogP contribution in [0.5, 0.6) is 0 Å². The number of carbonyl (C=O) groups excluding carboxylic acids is 2. The molecule has 0 radical (unpaired) electrons. The van der Waals surface area contributed by atoms with Crippen molar-refractivity contribution in [3.05, 3.63) is 0 Å². The van der Waals surface area contributed by atoms with Crippen molar-refractivity contribution in [3.63, 3.8) is 0 Å². The first-order valence-electron chi connectivity index (χ1n) is 6.29. The fraction of sp³-hybridized carbons (Fsp3) is 0.833. The molecular weight excluding hydrogens is 236 g/mol. The number of esters is 1. The molecule has 0 bridgehead atoms. The van der Waals surface area contributed by atoms with Gasteiger partial charge in [-0.1, -0.05) is 6.92 Å². The minimum Gasteiger partial charge on any atom is -0.465 e. The highest BCUT2D eigenvalue weighted by Crippen LogP contribution is 2.19. The van der Waals surface area contributed by atoms with Crippen molar-refractivity contribution in [1.82, 2.24) is 10.2 Å². The SMILES string of the molecule is CCOC(=O)CNC(=O)N1CCC(C)C(OC)C1. The minimum absolute atomic E-state index is 0.0621. The molecule has 18 heavy (non-hydrogen) atoms. The largest absolute Gasteiger partial charge is 0.465 e. The molecule has 0 aromatic carbocycles. The first kappa shape index (κ1) is 14.8. The van der Waals surface area contributed by atoms with Gasteiger partial charge in [0.25, 0.3) is 0 Å². The van der Waals surface area contributed by atoms with Gasteiger partial charge in [-0.05, 0) is 19.3 Å². The molecule has 1 fully saturated rings. The standard InChI is InChI=1S/C12H22N2O4/c1-4-18-11(15)7-13-12(16)14-6-5-9(2)10(8-14)17-3/h9-10H,4-8H2,1-3H3,(H,13,16). The van der Waals surface area contributed by atoms with Crippen molar-refractivity contribution in [1.29, 1.82) is 0 Å². The van der Waals surface area contributed by atoms with Gasteiger partial charge >= 0.3 is 12.0 Å². The molecule has 0 spiro atoms. The average Bonchev–Trinajstić information content (AvgIpc) is 2.37. The Kier molecular flexibility index (Phi) is 5.91. The lowest BCUT2D eigenvalue weighted by Gasteiger charge is -2.36. The number of ether oxygens (including phenoxy) is 2. The first-order valence-corrected chi connectivity index (χ1v) is 6.29. The summed E-state index contributed by atoms with van der Waals surface area (Å²) in [5, 5.41) is 2.55. The fourth-order valence-electron chi connectivity index (χ4n) is 2.00. The zero-order valence-electron chi connectivity index (χ0n) is 11.3. The monoisotopic (exact) mass is 258 g/mol. The number of nitrogens with zero attached hydrogens (tertiary/aromatic N) is 1. The number of hydrogen-bond donors (Lipinski definition) is 1. The minimum atomic E-state index is -0.417. The molecule has 1 rings (SSSR count). The molecule has 2 unspecified atom stereocenters. The van der Waals surface area contributed by atoms with Crippen LogP contribution in [-0.4, -0.2) is 56.4 Å². The van der Waals surface area contributed by atoms with Gasteiger partial charge in [-0.2, -0.15) is 0 Å². The number of nitrogens with one attached hydrogen (secondary N) is 1. The van der Waals surface area contributed by atoms with E-state index in [1.165, 1.54) is 0 Å². The highest BCUT2D eigenvalue weighted by Gasteiger charge is 2.28. The Hall–Kier alpha value is -1.30. The van der Waals surface area contributed by atoms with E-state index in [0.717, 1.165) is 6.42 Å². The summed E-state index contributed by atoms with van der Waals surface area (Å²) in [5.41, 5.74) is 0. The average molecular weight is 258 g/mol. The van der Waals surface area contributed by atoms with Crippen LogP contribution >= 0.6 is 0 Å². The maximum absolute atomic E-state index is 11.8.